The van der Waals surface area contributed by atoms with Crippen LogP contribution in [0.4, 0.5) is 0 Å². The third-order valence-electron chi connectivity index (χ3n) is 3.08. The van der Waals surface area contributed by atoms with Crippen molar-refractivity contribution in [2.75, 3.05) is 5.33 Å². The predicted octanol–water partition coefficient (Wildman–Crippen LogP) is 2.93. The topological polar surface area (TPSA) is 17.8 Å². The molecular weight excluding hydrogens is 240 g/mol. The highest BCUT2D eigenvalue weighted by molar-refractivity contribution is 9.09. The summed E-state index contributed by atoms with van der Waals surface area (Å²) in [6.07, 6.45) is 3.92. The van der Waals surface area contributed by atoms with Crippen LogP contribution in [0, 0.1) is 12.3 Å². The monoisotopic (exact) mass is 256 g/mol. The number of halogens is 1. The molecule has 0 unspecified atom stereocenters. The van der Waals surface area contributed by atoms with E-state index in [1.54, 1.807) is 0 Å². The summed E-state index contributed by atoms with van der Waals surface area (Å²) < 4.78 is 2.14. The van der Waals surface area contributed by atoms with Gasteiger partial charge in [0.2, 0.25) is 0 Å². The van der Waals surface area contributed by atoms with Gasteiger partial charge in [-0.2, -0.15) is 5.10 Å². The van der Waals surface area contributed by atoms with E-state index in [1.165, 1.54) is 25.0 Å². The Balaban J connectivity index is 2.15. The van der Waals surface area contributed by atoms with Crippen molar-refractivity contribution in [3.05, 3.63) is 17.5 Å². The molecule has 0 aromatic carbocycles. The van der Waals surface area contributed by atoms with Crippen LogP contribution in [0.2, 0.25) is 0 Å². The van der Waals surface area contributed by atoms with E-state index in [2.05, 4.69) is 45.6 Å². The molecule has 1 aliphatic carbocycles. The number of aryl methyl sites for hydroxylation is 2. The van der Waals surface area contributed by atoms with Crippen LogP contribution in [0.1, 0.15) is 31.2 Å². The van der Waals surface area contributed by atoms with Gasteiger partial charge >= 0.3 is 0 Å². The number of aromatic nitrogens is 2. The van der Waals surface area contributed by atoms with Crippen molar-refractivity contribution in [3.63, 3.8) is 0 Å². The zero-order chi connectivity index (χ0) is 10.2. The van der Waals surface area contributed by atoms with Gasteiger partial charge < -0.3 is 0 Å². The standard InChI is InChI=1S/C11H17BrN2/c1-3-14-10(6-9(2)13-14)7-11(8-12)4-5-11/h6H,3-5,7-8H2,1-2H3. The van der Waals surface area contributed by atoms with E-state index in [0.717, 1.165) is 17.6 Å². The van der Waals surface area contributed by atoms with E-state index in [0.29, 0.717) is 5.41 Å². The van der Waals surface area contributed by atoms with Crippen LogP contribution in [0.3, 0.4) is 0 Å². The quantitative estimate of drug-likeness (QED) is 0.758. The molecule has 1 heterocycles. The van der Waals surface area contributed by atoms with Crippen molar-refractivity contribution in [2.45, 2.75) is 39.7 Å². The Kier molecular flexibility index (Phi) is 2.69. The summed E-state index contributed by atoms with van der Waals surface area (Å²) in [4.78, 5) is 0. The molecule has 0 amide bonds. The van der Waals surface area contributed by atoms with E-state index in [4.69, 9.17) is 0 Å². The van der Waals surface area contributed by atoms with E-state index in [-0.39, 0.29) is 0 Å². The fourth-order valence-electron chi connectivity index (χ4n) is 1.93. The molecule has 0 aliphatic heterocycles. The first kappa shape index (κ1) is 10.2. The van der Waals surface area contributed by atoms with Gasteiger partial charge in [-0.05, 0) is 44.6 Å². The molecule has 1 aromatic heterocycles. The van der Waals surface area contributed by atoms with Crippen molar-refractivity contribution < 1.29 is 0 Å². The summed E-state index contributed by atoms with van der Waals surface area (Å²) in [5.74, 6) is 0. The highest BCUT2D eigenvalue weighted by Crippen LogP contribution is 2.49. The van der Waals surface area contributed by atoms with Gasteiger partial charge in [-0.25, -0.2) is 0 Å². The van der Waals surface area contributed by atoms with Crippen LogP contribution in [-0.2, 0) is 13.0 Å². The van der Waals surface area contributed by atoms with Gasteiger partial charge in [0.1, 0.15) is 0 Å². The minimum Gasteiger partial charge on any atom is -0.270 e. The Morgan fingerprint density at radius 1 is 1.57 bits per heavy atom. The first-order chi connectivity index (χ1) is 6.69. The van der Waals surface area contributed by atoms with Gasteiger partial charge in [-0.15, -0.1) is 0 Å². The number of hydrogen-bond donors (Lipinski definition) is 0. The highest BCUT2D eigenvalue weighted by Gasteiger charge is 2.42. The SMILES string of the molecule is CCn1nc(C)cc1CC1(CBr)CC1. The summed E-state index contributed by atoms with van der Waals surface area (Å²) in [6, 6.07) is 2.23. The molecule has 1 saturated carbocycles. The number of alkyl halides is 1. The zero-order valence-electron chi connectivity index (χ0n) is 8.89. The van der Waals surface area contributed by atoms with Crippen molar-refractivity contribution >= 4 is 15.9 Å². The Morgan fingerprint density at radius 3 is 2.79 bits per heavy atom. The van der Waals surface area contributed by atoms with Crippen molar-refractivity contribution in [3.8, 4) is 0 Å². The van der Waals surface area contributed by atoms with Crippen LogP contribution in [0.5, 0.6) is 0 Å². The molecule has 14 heavy (non-hydrogen) atoms. The molecule has 1 aromatic rings. The summed E-state index contributed by atoms with van der Waals surface area (Å²) in [7, 11) is 0. The smallest absolute Gasteiger partial charge is 0.0596 e. The summed E-state index contributed by atoms with van der Waals surface area (Å²) >= 11 is 3.61. The lowest BCUT2D eigenvalue weighted by Crippen LogP contribution is -2.11. The second-order valence-electron chi connectivity index (χ2n) is 4.40. The molecule has 1 fully saturated rings. The Hall–Kier alpha value is -0.310. The van der Waals surface area contributed by atoms with Gasteiger partial charge in [0.05, 0.1) is 5.69 Å². The molecule has 0 radical (unpaired) electrons. The minimum absolute atomic E-state index is 0.555. The molecule has 0 bridgehead atoms. The lowest BCUT2D eigenvalue weighted by Gasteiger charge is -2.11. The van der Waals surface area contributed by atoms with Gasteiger partial charge in [0.25, 0.3) is 0 Å². The fraction of sp³-hybridized carbons (Fsp3) is 0.727. The van der Waals surface area contributed by atoms with Gasteiger partial charge in [0, 0.05) is 17.6 Å². The molecule has 2 nitrogen and oxygen atoms in total. The second-order valence-corrected chi connectivity index (χ2v) is 4.96. The van der Waals surface area contributed by atoms with Gasteiger partial charge in [0.15, 0.2) is 0 Å². The van der Waals surface area contributed by atoms with E-state index < -0.39 is 0 Å². The van der Waals surface area contributed by atoms with Crippen molar-refractivity contribution in [1.82, 2.24) is 9.78 Å². The predicted molar refractivity (Wildman–Crippen MR) is 61.8 cm³/mol. The zero-order valence-corrected chi connectivity index (χ0v) is 10.5. The lowest BCUT2D eigenvalue weighted by molar-refractivity contribution is 0.528. The van der Waals surface area contributed by atoms with Crippen molar-refractivity contribution in [1.29, 1.82) is 0 Å². The highest BCUT2D eigenvalue weighted by atomic mass is 79.9. The maximum atomic E-state index is 4.48. The molecule has 1 aliphatic rings. The molecule has 78 valence electrons. The Morgan fingerprint density at radius 2 is 2.29 bits per heavy atom. The Labute approximate surface area is 93.8 Å². The summed E-state index contributed by atoms with van der Waals surface area (Å²) in [5.41, 5.74) is 3.11. The van der Waals surface area contributed by atoms with E-state index in [9.17, 15) is 0 Å². The maximum absolute atomic E-state index is 4.48. The number of rotatable bonds is 4. The summed E-state index contributed by atoms with van der Waals surface area (Å²) in [5, 5.41) is 5.61. The third kappa shape index (κ3) is 1.88. The molecule has 0 N–H and O–H groups in total. The summed E-state index contributed by atoms with van der Waals surface area (Å²) in [6.45, 7) is 5.22. The maximum Gasteiger partial charge on any atom is 0.0596 e. The Bertz CT molecular complexity index is 326. The molecular formula is C11H17BrN2. The average Bonchev–Trinajstić information content (AvgIpc) is 2.85. The molecule has 0 atom stereocenters. The van der Waals surface area contributed by atoms with Gasteiger partial charge in [-0.3, -0.25) is 4.68 Å². The first-order valence-corrected chi connectivity index (χ1v) is 6.40. The van der Waals surface area contributed by atoms with E-state index >= 15 is 0 Å². The van der Waals surface area contributed by atoms with Crippen LogP contribution in [0.25, 0.3) is 0 Å². The second kappa shape index (κ2) is 3.69. The van der Waals surface area contributed by atoms with Crippen LogP contribution >= 0.6 is 15.9 Å². The largest absolute Gasteiger partial charge is 0.270 e. The van der Waals surface area contributed by atoms with Crippen LogP contribution < -0.4 is 0 Å². The third-order valence-corrected chi connectivity index (χ3v) is 4.27. The van der Waals surface area contributed by atoms with E-state index in [1.807, 2.05) is 0 Å². The number of nitrogens with zero attached hydrogens (tertiary/aromatic N) is 2. The normalized spacial score (nSPS) is 18.5. The average molecular weight is 257 g/mol. The molecule has 0 saturated heterocycles. The fourth-order valence-corrected chi connectivity index (χ4v) is 2.69. The first-order valence-electron chi connectivity index (χ1n) is 5.28. The van der Waals surface area contributed by atoms with Crippen molar-refractivity contribution in [2.24, 2.45) is 5.41 Å². The molecule has 3 heteroatoms. The van der Waals surface area contributed by atoms with Crippen LogP contribution in [-0.4, -0.2) is 15.1 Å². The molecule has 2 rings (SSSR count). The lowest BCUT2D eigenvalue weighted by atomic mass is 10.0. The van der Waals surface area contributed by atoms with Crippen LogP contribution in [0.15, 0.2) is 6.07 Å². The molecule has 0 spiro atoms. The number of hydrogen-bond acceptors (Lipinski definition) is 1. The van der Waals surface area contributed by atoms with Gasteiger partial charge in [-0.1, -0.05) is 15.9 Å². The minimum atomic E-state index is 0.555.